The number of hydrogen-bond acceptors (Lipinski definition) is 3. The van der Waals surface area contributed by atoms with Gasteiger partial charge in [0.15, 0.2) is 0 Å². The van der Waals surface area contributed by atoms with Crippen molar-refractivity contribution < 1.29 is 14.6 Å². The molecule has 88 valence electrons. The maximum atomic E-state index is 11.1. The molecule has 0 amide bonds. The van der Waals surface area contributed by atoms with Crippen molar-refractivity contribution in [2.45, 2.75) is 58.0 Å². The number of hydrogen-bond donors (Lipinski definition) is 1. The van der Waals surface area contributed by atoms with Gasteiger partial charge in [0.1, 0.15) is 0 Å². The molecule has 0 aromatic carbocycles. The molecular formula is C12H22O3. The van der Waals surface area contributed by atoms with Gasteiger partial charge in [0, 0.05) is 6.42 Å². The van der Waals surface area contributed by atoms with Gasteiger partial charge in [-0.1, -0.05) is 19.3 Å². The highest BCUT2D eigenvalue weighted by Crippen LogP contribution is 2.28. The van der Waals surface area contributed by atoms with Gasteiger partial charge in [-0.3, -0.25) is 4.79 Å². The average Bonchev–Trinajstić information content (AvgIpc) is 2.27. The Labute approximate surface area is 91.8 Å². The summed E-state index contributed by atoms with van der Waals surface area (Å²) in [5.74, 6) is 0.223. The Hall–Kier alpha value is -0.570. The summed E-state index contributed by atoms with van der Waals surface area (Å²) >= 11 is 0. The number of aliphatic hydroxyl groups excluding tert-OH is 1. The van der Waals surface area contributed by atoms with Gasteiger partial charge in [-0.2, -0.15) is 0 Å². The summed E-state index contributed by atoms with van der Waals surface area (Å²) < 4.78 is 4.83. The minimum Gasteiger partial charge on any atom is -0.466 e. The predicted molar refractivity (Wildman–Crippen MR) is 58.4 cm³/mol. The van der Waals surface area contributed by atoms with Gasteiger partial charge in [-0.15, -0.1) is 0 Å². The van der Waals surface area contributed by atoms with Crippen LogP contribution in [0.2, 0.25) is 0 Å². The molecule has 0 spiro atoms. The second-order valence-corrected chi connectivity index (χ2v) is 4.31. The van der Waals surface area contributed by atoms with Crippen molar-refractivity contribution >= 4 is 5.97 Å². The van der Waals surface area contributed by atoms with Gasteiger partial charge < -0.3 is 9.84 Å². The van der Waals surface area contributed by atoms with E-state index in [1.54, 1.807) is 6.92 Å². The highest BCUT2D eigenvalue weighted by atomic mass is 16.5. The topological polar surface area (TPSA) is 46.5 Å². The van der Waals surface area contributed by atoms with Crippen molar-refractivity contribution in [1.29, 1.82) is 0 Å². The molecule has 15 heavy (non-hydrogen) atoms. The predicted octanol–water partition coefficient (Wildman–Crippen LogP) is 2.27. The normalized spacial score (nSPS) is 19.9. The highest BCUT2D eigenvalue weighted by Gasteiger charge is 2.22. The molecule has 1 unspecified atom stereocenters. The van der Waals surface area contributed by atoms with Gasteiger partial charge in [0.05, 0.1) is 12.7 Å². The number of carbonyl (C=O) groups is 1. The second-order valence-electron chi connectivity index (χ2n) is 4.31. The number of aliphatic hydroxyl groups is 1. The lowest BCUT2D eigenvalue weighted by Crippen LogP contribution is -2.23. The van der Waals surface area contributed by atoms with E-state index >= 15 is 0 Å². The maximum absolute atomic E-state index is 11.1. The molecule has 1 aliphatic rings. The van der Waals surface area contributed by atoms with E-state index in [4.69, 9.17) is 4.74 Å². The zero-order valence-corrected chi connectivity index (χ0v) is 9.58. The van der Waals surface area contributed by atoms with Gasteiger partial charge in [-0.05, 0) is 32.1 Å². The van der Waals surface area contributed by atoms with E-state index in [-0.39, 0.29) is 12.1 Å². The molecule has 1 saturated carbocycles. The number of rotatable bonds is 5. The van der Waals surface area contributed by atoms with Gasteiger partial charge in [0.2, 0.25) is 0 Å². The fourth-order valence-electron chi connectivity index (χ4n) is 2.25. The van der Waals surface area contributed by atoms with Crippen molar-refractivity contribution in [3.63, 3.8) is 0 Å². The van der Waals surface area contributed by atoms with Crippen molar-refractivity contribution in [1.82, 2.24) is 0 Å². The van der Waals surface area contributed by atoms with Crippen molar-refractivity contribution in [2.24, 2.45) is 5.92 Å². The van der Waals surface area contributed by atoms with Crippen LogP contribution in [0.4, 0.5) is 0 Å². The SMILES string of the molecule is CCOC(=O)CCC(O)C1CCCCC1. The molecule has 3 nitrogen and oxygen atoms in total. The Morgan fingerprint density at radius 1 is 1.40 bits per heavy atom. The smallest absolute Gasteiger partial charge is 0.305 e. The van der Waals surface area contributed by atoms with E-state index in [9.17, 15) is 9.90 Å². The van der Waals surface area contributed by atoms with Crippen LogP contribution in [0.3, 0.4) is 0 Å². The van der Waals surface area contributed by atoms with Crippen LogP contribution in [0, 0.1) is 5.92 Å². The molecule has 0 bridgehead atoms. The van der Waals surface area contributed by atoms with E-state index in [1.807, 2.05) is 0 Å². The number of carbonyl (C=O) groups excluding carboxylic acids is 1. The third kappa shape index (κ3) is 4.65. The van der Waals surface area contributed by atoms with Crippen LogP contribution in [-0.4, -0.2) is 23.8 Å². The lowest BCUT2D eigenvalue weighted by Gasteiger charge is -2.26. The first-order valence-corrected chi connectivity index (χ1v) is 6.07. The average molecular weight is 214 g/mol. The zero-order chi connectivity index (χ0) is 11.1. The molecule has 0 radical (unpaired) electrons. The molecule has 0 heterocycles. The third-order valence-corrected chi connectivity index (χ3v) is 3.14. The minimum absolute atomic E-state index is 0.188. The molecule has 1 N–H and O–H groups in total. The van der Waals surface area contributed by atoms with Gasteiger partial charge in [0.25, 0.3) is 0 Å². The van der Waals surface area contributed by atoms with Crippen LogP contribution in [0.15, 0.2) is 0 Å². The van der Waals surface area contributed by atoms with Crippen molar-refractivity contribution in [3.05, 3.63) is 0 Å². The minimum atomic E-state index is -0.310. The Morgan fingerprint density at radius 3 is 2.67 bits per heavy atom. The molecule has 1 atom stereocenters. The lowest BCUT2D eigenvalue weighted by atomic mass is 9.84. The Balaban J connectivity index is 2.16. The standard InChI is InChI=1S/C12H22O3/c1-2-15-12(14)9-8-11(13)10-6-4-3-5-7-10/h10-11,13H,2-9H2,1H3. The summed E-state index contributed by atoms with van der Waals surface area (Å²) in [5.41, 5.74) is 0. The maximum Gasteiger partial charge on any atom is 0.305 e. The van der Waals surface area contributed by atoms with Crippen LogP contribution in [0.5, 0.6) is 0 Å². The Bertz CT molecular complexity index is 185. The van der Waals surface area contributed by atoms with Crippen LogP contribution in [0.25, 0.3) is 0 Å². The molecule has 0 aromatic rings. The lowest BCUT2D eigenvalue weighted by molar-refractivity contribution is -0.144. The van der Waals surface area contributed by atoms with Crippen molar-refractivity contribution in [3.8, 4) is 0 Å². The second kappa shape index (κ2) is 6.83. The molecule has 1 aliphatic carbocycles. The Kier molecular flexibility index (Phi) is 5.69. The van der Waals surface area contributed by atoms with Crippen LogP contribution >= 0.6 is 0 Å². The largest absolute Gasteiger partial charge is 0.466 e. The molecule has 1 fully saturated rings. The summed E-state index contributed by atoms with van der Waals surface area (Å²) in [4.78, 5) is 11.1. The first-order chi connectivity index (χ1) is 7.24. The van der Waals surface area contributed by atoms with E-state index in [0.717, 1.165) is 12.8 Å². The third-order valence-electron chi connectivity index (χ3n) is 3.14. The molecule has 0 aromatic heterocycles. The molecule has 0 saturated heterocycles. The quantitative estimate of drug-likeness (QED) is 0.714. The fraction of sp³-hybridized carbons (Fsp3) is 0.917. The van der Waals surface area contributed by atoms with Crippen LogP contribution in [-0.2, 0) is 9.53 Å². The summed E-state index contributed by atoms with van der Waals surface area (Å²) in [6.07, 6.45) is 6.57. The first-order valence-electron chi connectivity index (χ1n) is 6.07. The van der Waals surface area contributed by atoms with Gasteiger partial charge in [-0.25, -0.2) is 0 Å². The number of ether oxygens (including phenoxy) is 1. The van der Waals surface area contributed by atoms with Gasteiger partial charge >= 0.3 is 5.97 Å². The van der Waals surface area contributed by atoms with Crippen molar-refractivity contribution in [2.75, 3.05) is 6.61 Å². The molecular weight excluding hydrogens is 192 g/mol. The van der Waals surface area contributed by atoms with E-state index < -0.39 is 0 Å². The highest BCUT2D eigenvalue weighted by molar-refractivity contribution is 5.69. The summed E-state index contributed by atoms with van der Waals surface area (Å²) in [6.45, 7) is 2.23. The number of esters is 1. The monoisotopic (exact) mass is 214 g/mol. The van der Waals surface area contributed by atoms with Crippen LogP contribution < -0.4 is 0 Å². The van der Waals surface area contributed by atoms with Crippen LogP contribution in [0.1, 0.15) is 51.9 Å². The van der Waals surface area contributed by atoms with E-state index in [1.165, 1.54) is 19.3 Å². The fourth-order valence-corrected chi connectivity index (χ4v) is 2.25. The van der Waals surface area contributed by atoms with E-state index in [0.29, 0.717) is 25.4 Å². The molecule has 3 heteroatoms. The summed E-state index contributed by atoms with van der Waals surface area (Å²) in [5, 5.41) is 9.88. The molecule has 0 aliphatic heterocycles. The first kappa shape index (κ1) is 12.5. The van der Waals surface area contributed by atoms with E-state index in [2.05, 4.69) is 0 Å². The Morgan fingerprint density at radius 2 is 2.07 bits per heavy atom. The molecule has 1 rings (SSSR count). The zero-order valence-electron chi connectivity index (χ0n) is 9.58. The summed E-state index contributed by atoms with van der Waals surface area (Å²) in [6, 6.07) is 0. The summed E-state index contributed by atoms with van der Waals surface area (Å²) in [7, 11) is 0.